The van der Waals surface area contributed by atoms with Gasteiger partial charge in [-0.1, -0.05) is 13.0 Å². The fourth-order valence-corrected chi connectivity index (χ4v) is 2.23. The molecule has 6 nitrogen and oxygen atoms in total. The lowest BCUT2D eigenvalue weighted by Gasteiger charge is -2.14. The third kappa shape index (κ3) is 5.81. The maximum Gasteiger partial charge on any atom is 0.251 e. The van der Waals surface area contributed by atoms with Crippen LogP contribution in [-0.4, -0.2) is 31.5 Å². The van der Waals surface area contributed by atoms with Crippen molar-refractivity contribution in [2.75, 3.05) is 24.2 Å². The Morgan fingerprint density at radius 2 is 1.81 bits per heavy atom. The summed E-state index contributed by atoms with van der Waals surface area (Å²) in [6.45, 7) is 4.18. The smallest absolute Gasteiger partial charge is 0.251 e. The van der Waals surface area contributed by atoms with Gasteiger partial charge >= 0.3 is 0 Å². The van der Waals surface area contributed by atoms with Gasteiger partial charge in [0.15, 0.2) is 0 Å². The van der Waals surface area contributed by atoms with Crippen LogP contribution < -0.4 is 20.7 Å². The zero-order chi connectivity index (χ0) is 18.9. The van der Waals surface area contributed by atoms with Crippen molar-refractivity contribution in [3.8, 4) is 5.75 Å². The second kappa shape index (κ2) is 9.46. The molecule has 3 N–H and O–H groups in total. The summed E-state index contributed by atoms with van der Waals surface area (Å²) in [5.74, 6) is 0.421. The monoisotopic (exact) mass is 355 g/mol. The first kappa shape index (κ1) is 19.3. The van der Waals surface area contributed by atoms with Crippen LogP contribution in [0, 0.1) is 0 Å². The van der Waals surface area contributed by atoms with Crippen molar-refractivity contribution in [3.63, 3.8) is 0 Å². The van der Waals surface area contributed by atoms with Gasteiger partial charge in [0.25, 0.3) is 5.91 Å². The van der Waals surface area contributed by atoms with Crippen LogP contribution in [0.3, 0.4) is 0 Å². The Bertz CT molecular complexity index is 744. The number of hydrogen-bond acceptors (Lipinski definition) is 4. The van der Waals surface area contributed by atoms with E-state index in [0.717, 1.165) is 17.9 Å². The molecule has 2 amide bonds. The van der Waals surface area contributed by atoms with Crippen molar-refractivity contribution in [1.82, 2.24) is 5.32 Å². The normalized spacial score (nSPS) is 11.3. The first-order chi connectivity index (χ1) is 12.5. The van der Waals surface area contributed by atoms with Gasteiger partial charge in [0.2, 0.25) is 5.91 Å². The second-order valence-corrected chi connectivity index (χ2v) is 5.92. The van der Waals surface area contributed by atoms with Crippen LogP contribution in [-0.2, 0) is 4.79 Å². The van der Waals surface area contributed by atoms with Gasteiger partial charge in [0.05, 0.1) is 12.6 Å². The van der Waals surface area contributed by atoms with Crippen LogP contribution in [0.25, 0.3) is 0 Å². The van der Waals surface area contributed by atoms with Crippen LogP contribution in [0.2, 0.25) is 0 Å². The lowest BCUT2D eigenvalue weighted by molar-refractivity contribution is -0.114. The lowest BCUT2D eigenvalue weighted by atomic mass is 10.2. The minimum atomic E-state index is -0.166. The van der Waals surface area contributed by atoms with E-state index in [1.807, 2.05) is 31.2 Å². The predicted molar refractivity (Wildman–Crippen MR) is 104 cm³/mol. The Balaban J connectivity index is 1.87. The van der Waals surface area contributed by atoms with Gasteiger partial charge in [0.1, 0.15) is 5.75 Å². The third-order valence-corrected chi connectivity index (χ3v) is 3.86. The minimum absolute atomic E-state index is 0.121. The molecule has 6 heteroatoms. The summed E-state index contributed by atoms with van der Waals surface area (Å²) in [6, 6.07) is 14.3. The van der Waals surface area contributed by atoms with E-state index in [2.05, 4.69) is 22.9 Å². The van der Waals surface area contributed by atoms with Crippen molar-refractivity contribution in [1.29, 1.82) is 0 Å². The molecule has 0 aliphatic rings. The zero-order valence-corrected chi connectivity index (χ0v) is 15.3. The molecule has 0 aromatic heterocycles. The largest absolute Gasteiger partial charge is 0.491 e. The molecule has 138 valence electrons. The van der Waals surface area contributed by atoms with Gasteiger partial charge in [-0.05, 0) is 49.7 Å². The van der Waals surface area contributed by atoms with E-state index in [0.29, 0.717) is 11.3 Å². The van der Waals surface area contributed by atoms with Crippen LogP contribution in [0.1, 0.15) is 30.6 Å². The minimum Gasteiger partial charge on any atom is -0.491 e. The molecule has 0 bridgehead atoms. The summed E-state index contributed by atoms with van der Waals surface area (Å²) in [7, 11) is 1.59. The summed E-state index contributed by atoms with van der Waals surface area (Å²) < 4.78 is 5.76. The second-order valence-electron chi connectivity index (χ2n) is 5.92. The molecule has 2 rings (SSSR count). The van der Waals surface area contributed by atoms with Gasteiger partial charge in [0, 0.05) is 30.1 Å². The summed E-state index contributed by atoms with van der Waals surface area (Å²) >= 11 is 0. The molecule has 1 unspecified atom stereocenters. The SMILES string of the molecule is CCC(C)Oc1cccc(NC(=O)CNc2ccc(C(=O)NC)cc2)c1. The highest BCUT2D eigenvalue weighted by atomic mass is 16.5. The van der Waals surface area contributed by atoms with Gasteiger partial charge in [-0.2, -0.15) is 0 Å². The highest BCUT2D eigenvalue weighted by molar-refractivity contribution is 5.95. The highest BCUT2D eigenvalue weighted by Crippen LogP contribution is 2.19. The van der Waals surface area contributed by atoms with E-state index in [9.17, 15) is 9.59 Å². The van der Waals surface area contributed by atoms with Crippen molar-refractivity contribution in [2.24, 2.45) is 0 Å². The van der Waals surface area contributed by atoms with Gasteiger partial charge in [-0.15, -0.1) is 0 Å². The quantitative estimate of drug-likeness (QED) is 0.679. The molecule has 0 heterocycles. The van der Waals surface area contributed by atoms with E-state index in [1.54, 1.807) is 31.3 Å². The molecule has 0 saturated heterocycles. The molecule has 0 saturated carbocycles. The molecular weight excluding hydrogens is 330 g/mol. The third-order valence-electron chi connectivity index (χ3n) is 3.86. The van der Waals surface area contributed by atoms with Crippen LogP contribution in [0.15, 0.2) is 48.5 Å². The Hall–Kier alpha value is -3.02. The van der Waals surface area contributed by atoms with E-state index < -0.39 is 0 Å². The fourth-order valence-electron chi connectivity index (χ4n) is 2.23. The first-order valence-corrected chi connectivity index (χ1v) is 8.64. The summed E-state index contributed by atoms with van der Waals surface area (Å²) in [5, 5.41) is 8.43. The van der Waals surface area contributed by atoms with E-state index in [4.69, 9.17) is 4.74 Å². The van der Waals surface area contributed by atoms with Gasteiger partial charge < -0.3 is 20.7 Å². The Morgan fingerprint density at radius 1 is 1.08 bits per heavy atom. The number of hydrogen-bond donors (Lipinski definition) is 3. The van der Waals surface area contributed by atoms with Crippen molar-refractivity contribution >= 4 is 23.2 Å². The van der Waals surface area contributed by atoms with Crippen molar-refractivity contribution in [2.45, 2.75) is 26.4 Å². The van der Waals surface area contributed by atoms with Gasteiger partial charge in [-0.3, -0.25) is 9.59 Å². The first-order valence-electron chi connectivity index (χ1n) is 8.64. The number of ether oxygens (including phenoxy) is 1. The van der Waals surface area contributed by atoms with E-state index >= 15 is 0 Å². The Kier molecular flexibility index (Phi) is 7.02. The summed E-state index contributed by atoms with van der Waals surface area (Å²) in [5.41, 5.74) is 2.02. The van der Waals surface area contributed by atoms with E-state index in [1.165, 1.54) is 0 Å². The van der Waals surface area contributed by atoms with E-state index in [-0.39, 0.29) is 24.5 Å². The molecule has 0 aliphatic heterocycles. The molecule has 0 radical (unpaired) electrons. The summed E-state index contributed by atoms with van der Waals surface area (Å²) in [4.78, 5) is 23.6. The topological polar surface area (TPSA) is 79.5 Å². The average molecular weight is 355 g/mol. The van der Waals surface area contributed by atoms with Crippen molar-refractivity contribution < 1.29 is 14.3 Å². The molecular formula is C20H25N3O3. The maximum atomic E-state index is 12.1. The molecule has 26 heavy (non-hydrogen) atoms. The number of anilines is 2. The maximum absolute atomic E-state index is 12.1. The number of nitrogens with one attached hydrogen (secondary N) is 3. The Labute approximate surface area is 153 Å². The number of carbonyl (C=O) groups excluding carboxylic acids is 2. The summed E-state index contributed by atoms with van der Waals surface area (Å²) in [6.07, 6.45) is 1.04. The molecule has 0 spiro atoms. The number of rotatable bonds is 8. The fraction of sp³-hybridized carbons (Fsp3) is 0.300. The molecule has 0 fully saturated rings. The standard InChI is InChI=1S/C20H25N3O3/c1-4-14(2)26-18-7-5-6-17(12-18)23-19(24)13-22-16-10-8-15(9-11-16)20(25)21-3/h5-12,14,22H,4,13H2,1-3H3,(H,21,25)(H,23,24). The number of carbonyl (C=O) groups is 2. The van der Waals surface area contributed by atoms with Crippen LogP contribution >= 0.6 is 0 Å². The number of benzene rings is 2. The molecule has 0 aliphatic carbocycles. The zero-order valence-electron chi connectivity index (χ0n) is 15.3. The number of amides is 2. The van der Waals surface area contributed by atoms with Crippen molar-refractivity contribution in [3.05, 3.63) is 54.1 Å². The average Bonchev–Trinajstić information content (AvgIpc) is 2.66. The Morgan fingerprint density at radius 3 is 2.46 bits per heavy atom. The molecule has 1 atom stereocenters. The van der Waals surface area contributed by atoms with Crippen LogP contribution in [0.5, 0.6) is 5.75 Å². The lowest BCUT2D eigenvalue weighted by Crippen LogP contribution is -2.22. The van der Waals surface area contributed by atoms with Crippen LogP contribution in [0.4, 0.5) is 11.4 Å². The molecule has 2 aromatic rings. The predicted octanol–water partition coefficient (Wildman–Crippen LogP) is 3.27. The highest BCUT2D eigenvalue weighted by Gasteiger charge is 2.06. The molecule has 2 aromatic carbocycles. The van der Waals surface area contributed by atoms with Gasteiger partial charge in [-0.25, -0.2) is 0 Å².